The molecule has 4 rings (SSSR count). The largest absolute Gasteiger partial charge is 0.433 e. The minimum atomic E-state index is -1.67. The third-order valence-electron chi connectivity index (χ3n) is 4.24. The molecule has 2 aromatic carbocycles. The summed E-state index contributed by atoms with van der Waals surface area (Å²) in [6.45, 7) is 2.62. The second-order valence-corrected chi connectivity index (χ2v) is 6.10. The van der Waals surface area contributed by atoms with E-state index in [4.69, 9.17) is 9.47 Å². The number of para-hydroxylation sites is 1. The number of hydrogen-bond acceptors (Lipinski definition) is 6. The van der Waals surface area contributed by atoms with Crippen molar-refractivity contribution in [2.24, 2.45) is 5.10 Å². The van der Waals surface area contributed by atoms with Gasteiger partial charge in [0, 0.05) is 19.4 Å². The Hall–Kier alpha value is -3.68. The van der Waals surface area contributed by atoms with Gasteiger partial charge in [-0.3, -0.25) is 14.4 Å². The summed E-state index contributed by atoms with van der Waals surface area (Å²) in [6.07, 6.45) is 0. The number of fused-ring (bicyclic) bond motifs is 2. The van der Waals surface area contributed by atoms with E-state index in [-0.39, 0.29) is 5.90 Å². The molecule has 0 radical (unpaired) electrons. The normalized spacial score (nSPS) is 20.0. The molecule has 0 fully saturated rings. The number of ether oxygens (including phenoxy) is 2. The molecular weight excluding hydrogens is 350 g/mol. The van der Waals surface area contributed by atoms with Crippen LogP contribution in [0, 0.1) is 0 Å². The lowest BCUT2D eigenvalue weighted by atomic mass is 10.0. The van der Waals surface area contributed by atoms with Crippen molar-refractivity contribution >= 4 is 29.4 Å². The summed E-state index contributed by atoms with van der Waals surface area (Å²) in [7, 11) is 0. The van der Waals surface area contributed by atoms with Crippen molar-refractivity contribution in [3.63, 3.8) is 0 Å². The average Bonchev–Trinajstić information content (AvgIpc) is 3.16. The second kappa shape index (κ2) is 5.94. The summed E-state index contributed by atoms with van der Waals surface area (Å²) in [4.78, 5) is 36.0. The van der Waals surface area contributed by atoms with Crippen LogP contribution < -0.4 is 10.1 Å². The first-order valence-corrected chi connectivity index (χ1v) is 8.20. The molecule has 0 saturated heterocycles. The Morgan fingerprint density at radius 1 is 1.11 bits per heavy atom. The molecule has 0 saturated carbocycles. The maximum atomic E-state index is 12.8. The van der Waals surface area contributed by atoms with E-state index in [2.05, 4.69) is 10.4 Å². The maximum Gasteiger partial charge on any atom is 0.314 e. The van der Waals surface area contributed by atoms with Crippen LogP contribution in [0.3, 0.4) is 0 Å². The van der Waals surface area contributed by atoms with Crippen LogP contribution in [0.5, 0.6) is 5.75 Å². The van der Waals surface area contributed by atoms with E-state index in [1.54, 1.807) is 48.5 Å². The van der Waals surface area contributed by atoms with E-state index >= 15 is 0 Å². The summed E-state index contributed by atoms with van der Waals surface area (Å²) < 4.78 is 11.0. The van der Waals surface area contributed by atoms with Crippen molar-refractivity contribution in [2.75, 3.05) is 5.32 Å². The predicted octanol–water partition coefficient (Wildman–Crippen LogP) is 1.96. The van der Waals surface area contributed by atoms with Crippen molar-refractivity contribution in [1.29, 1.82) is 0 Å². The van der Waals surface area contributed by atoms with Crippen molar-refractivity contribution < 1.29 is 23.9 Å². The highest BCUT2D eigenvalue weighted by Gasteiger charge is 2.59. The lowest BCUT2D eigenvalue weighted by Gasteiger charge is -2.28. The van der Waals surface area contributed by atoms with E-state index in [1.165, 1.54) is 13.8 Å². The van der Waals surface area contributed by atoms with Crippen molar-refractivity contribution in [3.8, 4) is 5.75 Å². The fourth-order valence-electron chi connectivity index (χ4n) is 3.13. The molecule has 2 aliphatic heterocycles. The number of nitrogens with one attached hydrogen (secondary N) is 1. The Labute approximate surface area is 154 Å². The van der Waals surface area contributed by atoms with Gasteiger partial charge in [0.1, 0.15) is 5.75 Å². The summed E-state index contributed by atoms with van der Waals surface area (Å²) in [6, 6.07) is 13.4. The van der Waals surface area contributed by atoms with Crippen LogP contribution in [0.2, 0.25) is 0 Å². The van der Waals surface area contributed by atoms with Gasteiger partial charge in [-0.05, 0) is 30.3 Å². The van der Waals surface area contributed by atoms with E-state index in [9.17, 15) is 14.4 Å². The van der Waals surface area contributed by atoms with Gasteiger partial charge in [-0.15, -0.1) is 5.10 Å². The zero-order valence-corrected chi connectivity index (χ0v) is 14.6. The van der Waals surface area contributed by atoms with Gasteiger partial charge in [0.05, 0.1) is 11.3 Å². The van der Waals surface area contributed by atoms with E-state index in [0.29, 0.717) is 22.6 Å². The van der Waals surface area contributed by atoms with Crippen LogP contribution in [-0.2, 0) is 24.8 Å². The lowest BCUT2D eigenvalue weighted by molar-refractivity contribution is -0.160. The molecule has 2 amide bonds. The van der Waals surface area contributed by atoms with Crippen molar-refractivity contribution in [3.05, 3.63) is 59.7 Å². The number of hydrazone groups is 1. The number of amides is 2. The van der Waals surface area contributed by atoms with Gasteiger partial charge in [0.25, 0.3) is 5.91 Å². The third-order valence-corrected chi connectivity index (χ3v) is 4.24. The zero-order chi connectivity index (χ0) is 19.2. The number of benzene rings is 2. The molecule has 2 heterocycles. The van der Waals surface area contributed by atoms with Crippen LogP contribution in [0.4, 0.5) is 5.69 Å². The first-order chi connectivity index (χ1) is 12.9. The number of esters is 1. The predicted molar refractivity (Wildman–Crippen MR) is 94.6 cm³/mol. The van der Waals surface area contributed by atoms with Gasteiger partial charge < -0.3 is 14.8 Å². The molecule has 1 spiro atoms. The molecule has 8 heteroatoms. The molecule has 8 nitrogen and oxygen atoms in total. The molecule has 136 valence electrons. The molecule has 0 unspecified atom stereocenters. The van der Waals surface area contributed by atoms with Gasteiger partial charge in [0.2, 0.25) is 11.8 Å². The zero-order valence-electron chi connectivity index (χ0n) is 14.6. The smallest absolute Gasteiger partial charge is 0.314 e. The SMILES string of the molecule is CC(=O)Oc1ccc(C2=NN(C(C)=O)[C@@]3(O2)C(=O)Nc2ccccc23)cc1. The Morgan fingerprint density at radius 2 is 1.81 bits per heavy atom. The molecule has 0 aromatic heterocycles. The fraction of sp³-hybridized carbons (Fsp3) is 0.158. The second-order valence-electron chi connectivity index (χ2n) is 6.10. The summed E-state index contributed by atoms with van der Waals surface area (Å²) >= 11 is 0. The molecular formula is C19H15N3O5. The topological polar surface area (TPSA) is 97.3 Å². The lowest BCUT2D eigenvalue weighted by Crippen LogP contribution is -2.49. The third kappa shape index (κ3) is 2.53. The standard InChI is InChI=1S/C19H15N3O5/c1-11(23)22-19(15-5-3-4-6-16(15)20-18(19)25)27-17(21-22)13-7-9-14(10-8-13)26-12(2)24/h3-10H,1-2H3,(H,20,25)/t19-/m0/s1. The van der Waals surface area contributed by atoms with Gasteiger partial charge in [0.15, 0.2) is 0 Å². The first kappa shape index (κ1) is 16.8. The van der Waals surface area contributed by atoms with Gasteiger partial charge in [-0.1, -0.05) is 18.2 Å². The summed E-state index contributed by atoms with van der Waals surface area (Å²) in [5.41, 5.74) is -0.0612. The van der Waals surface area contributed by atoms with Crippen LogP contribution >= 0.6 is 0 Å². The van der Waals surface area contributed by atoms with E-state index in [0.717, 1.165) is 5.01 Å². The number of carbonyl (C=O) groups is 3. The highest BCUT2D eigenvalue weighted by atomic mass is 16.6. The Bertz CT molecular complexity index is 999. The Balaban J connectivity index is 1.74. The minimum absolute atomic E-state index is 0.117. The molecule has 0 aliphatic carbocycles. The van der Waals surface area contributed by atoms with Gasteiger partial charge >= 0.3 is 11.7 Å². The number of anilines is 1. The van der Waals surface area contributed by atoms with Crippen LogP contribution in [0.25, 0.3) is 0 Å². The van der Waals surface area contributed by atoms with Crippen LogP contribution in [-0.4, -0.2) is 28.7 Å². The molecule has 27 heavy (non-hydrogen) atoms. The maximum absolute atomic E-state index is 12.8. The minimum Gasteiger partial charge on any atom is -0.433 e. The van der Waals surface area contributed by atoms with Crippen molar-refractivity contribution in [1.82, 2.24) is 5.01 Å². The quantitative estimate of drug-likeness (QED) is 0.648. The van der Waals surface area contributed by atoms with E-state index < -0.39 is 23.5 Å². The number of rotatable bonds is 2. The molecule has 1 atom stereocenters. The van der Waals surface area contributed by atoms with Crippen LogP contribution in [0.1, 0.15) is 25.0 Å². The molecule has 0 bridgehead atoms. The summed E-state index contributed by atoms with van der Waals surface area (Å²) in [5.74, 6) is -0.876. The van der Waals surface area contributed by atoms with Gasteiger partial charge in [-0.2, -0.15) is 5.01 Å². The highest BCUT2D eigenvalue weighted by molar-refractivity contribution is 6.10. The number of nitrogens with zero attached hydrogens (tertiary/aromatic N) is 2. The fourth-order valence-corrected chi connectivity index (χ4v) is 3.13. The average molecular weight is 365 g/mol. The number of hydrogen-bond donors (Lipinski definition) is 1. The monoisotopic (exact) mass is 365 g/mol. The molecule has 2 aliphatic rings. The van der Waals surface area contributed by atoms with E-state index in [1.807, 2.05) is 0 Å². The highest BCUT2D eigenvalue weighted by Crippen LogP contribution is 2.45. The first-order valence-electron chi connectivity index (χ1n) is 8.20. The Kier molecular flexibility index (Phi) is 3.69. The molecule has 2 aromatic rings. The number of carbonyl (C=O) groups excluding carboxylic acids is 3. The van der Waals surface area contributed by atoms with Crippen LogP contribution in [0.15, 0.2) is 53.6 Å². The molecule has 1 N–H and O–H groups in total. The van der Waals surface area contributed by atoms with Gasteiger partial charge in [-0.25, -0.2) is 0 Å². The van der Waals surface area contributed by atoms with Crippen molar-refractivity contribution in [2.45, 2.75) is 19.6 Å². The Morgan fingerprint density at radius 3 is 2.48 bits per heavy atom. The summed E-state index contributed by atoms with van der Waals surface area (Å²) in [5, 5.41) is 8.02.